The predicted octanol–water partition coefficient (Wildman–Crippen LogP) is 8.31. The Kier molecular flexibility index (Phi) is 10.5. The molecule has 6 rings (SSSR count). The molecule has 9 heteroatoms. The van der Waals surface area contributed by atoms with E-state index in [0.29, 0.717) is 38.1 Å². The van der Waals surface area contributed by atoms with E-state index in [9.17, 15) is 24.4 Å². The van der Waals surface area contributed by atoms with Gasteiger partial charge in [-0.3, -0.25) is 19.2 Å². The number of rotatable bonds is 9. The average Bonchev–Trinajstić information content (AvgIpc) is 3.58. The lowest BCUT2D eigenvalue weighted by atomic mass is 9.31. The van der Waals surface area contributed by atoms with E-state index in [4.69, 9.17) is 0 Å². The van der Waals surface area contributed by atoms with Gasteiger partial charge < -0.3 is 10.6 Å². The summed E-state index contributed by atoms with van der Waals surface area (Å²) in [4.78, 5) is 55.3. The number of nitrogens with one attached hydrogen (secondary N) is 2. The number of nitrogens with zero attached hydrogens (tertiary/aromatic N) is 1. The molecule has 0 aromatic rings. The highest BCUT2D eigenvalue weighted by Gasteiger charge is 2.73. The van der Waals surface area contributed by atoms with Gasteiger partial charge >= 0.3 is 0 Å². The molecule has 2 N–H and O–H groups in total. The van der Waals surface area contributed by atoms with E-state index in [2.05, 4.69) is 51.3 Å². The van der Waals surface area contributed by atoms with Gasteiger partial charge in [-0.2, -0.15) is 5.26 Å². The molecule has 0 aromatic heterocycles. The van der Waals surface area contributed by atoms with Crippen molar-refractivity contribution in [2.24, 2.45) is 62.1 Å². The maximum atomic E-state index is 14.9. The van der Waals surface area contributed by atoms with E-state index in [1.807, 2.05) is 35.4 Å². The molecule has 10 atom stereocenters. The minimum absolute atomic E-state index is 0.0249. The summed E-state index contributed by atoms with van der Waals surface area (Å²) in [5.74, 6) is 1.16. The van der Waals surface area contributed by atoms with Gasteiger partial charge in [-0.05, 0) is 110 Å². The molecule has 50 heavy (non-hydrogen) atoms. The number of fused-ring (bicyclic) bond motifs is 7. The Balaban J connectivity index is 1.16. The fraction of sp³-hybridized carbons (Fsp3) is 0.878. The lowest BCUT2D eigenvalue weighted by Gasteiger charge is -2.72. The van der Waals surface area contributed by atoms with Crippen molar-refractivity contribution in [3.63, 3.8) is 0 Å². The van der Waals surface area contributed by atoms with Gasteiger partial charge in [0.15, 0.2) is 5.78 Å². The predicted molar refractivity (Wildman–Crippen MR) is 202 cm³/mol. The van der Waals surface area contributed by atoms with Crippen LogP contribution in [0.3, 0.4) is 0 Å². The Morgan fingerprint density at radius 1 is 0.860 bits per heavy atom. The average molecular weight is 726 g/mol. The van der Waals surface area contributed by atoms with Gasteiger partial charge in [-0.15, -0.1) is 0 Å². The molecule has 6 fully saturated rings. The first kappa shape index (κ1) is 38.2. The van der Waals surface area contributed by atoms with Crippen molar-refractivity contribution in [2.75, 3.05) is 18.8 Å². The summed E-state index contributed by atoms with van der Waals surface area (Å²) in [6, 6.07) is 2.36. The highest BCUT2D eigenvalue weighted by atomic mass is 33.1. The molecule has 6 aliphatic rings. The highest BCUT2D eigenvalue weighted by Crippen LogP contribution is 2.76. The molecule has 0 radical (unpaired) electrons. The quantitative estimate of drug-likeness (QED) is 0.181. The topological polar surface area (TPSA) is 116 Å². The third-order valence-electron chi connectivity index (χ3n) is 16.0. The molecular formula is C41H63N3O4S2. The second-order valence-electron chi connectivity index (χ2n) is 19.4. The molecular weight excluding hydrogens is 663 g/mol. The number of unbranched alkanes of at least 4 members (excludes halogenated alkanes) is 1. The summed E-state index contributed by atoms with van der Waals surface area (Å²) in [6.07, 6.45) is 12.1. The van der Waals surface area contributed by atoms with Crippen LogP contribution < -0.4 is 10.6 Å². The van der Waals surface area contributed by atoms with Crippen LogP contribution in [0.15, 0.2) is 0 Å². The number of Topliss-reactive ketones (excluding diaryl/α,β-unsaturated/α-hetero) is 2. The maximum absolute atomic E-state index is 14.9. The summed E-state index contributed by atoms with van der Waals surface area (Å²) in [7, 11) is 3.95. The second kappa shape index (κ2) is 13.7. The van der Waals surface area contributed by atoms with Crippen molar-refractivity contribution in [2.45, 2.75) is 144 Å². The van der Waals surface area contributed by atoms with E-state index < -0.39 is 16.7 Å². The number of nitriles is 1. The van der Waals surface area contributed by atoms with Gasteiger partial charge in [-0.25, -0.2) is 0 Å². The summed E-state index contributed by atoms with van der Waals surface area (Å²) in [5.41, 5.74) is -1.78. The summed E-state index contributed by atoms with van der Waals surface area (Å²) < 4.78 is 0. The largest absolute Gasteiger partial charge is 0.354 e. The number of ketones is 2. The van der Waals surface area contributed by atoms with Gasteiger partial charge in [0.25, 0.3) is 0 Å². The fourth-order valence-corrected chi connectivity index (χ4v) is 16.1. The Labute approximate surface area is 309 Å². The molecule has 5 saturated carbocycles. The summed E-state index contributed by atoms with van der Waals surface area (Å²) in [5, 5.41) is 17.1. The van der Waals surface area contributed by atoms with Gasteiger partial charge in [0.2, 0.25) is 11.8 Å². The molecule has 7 nitrogen and oxygen atoms in total. The molecule has 0 spiro atoms. The Morgan fingerprint density at radius 2 is 1.58 bits per heavy atom. The Morgan fingerprint density at radius 3 is 2.28 bits per heavy atom. The van der Waals surface area contributed by atoms with Crippen LogP contribution in [0.25, 0.3) is 0 Å². The van der Waals surface area contributed by atoms with Crippen LogP contribution in [0.1, 0.15) is 138 Å². The van der Waals surface area contributed by atoms with Crippen LogP contribution in [0.2, 0.25) is 0 Å². The van der Waals surface area contributed by atoms with Crippen molar-refractivity contribution in [3.05, 3.63) is 0 Å². The number of hydrogen-bond donors (Lipinski definition) is 2. The summed E-state index contributed by atoms with van der Waals surface area (Å²) >= 11 is 0. The van der Waals surface area contributed by atoms with Crippen LogP contribution in [-0.2, 0) is 19.2 Å². The van der Waals surface area contributed by atoms with Crippen LogP contribution >= 0.6 is 21.6 Å². The first-order valence-corrected chi connectivity index (χ1v) is 22.1. The second-order valence-corrected chi connectivity index (χ2v) is 22.2. The minimum Gasteiger partial charge on any atom is -0.354 e. The zero-order valence-corrected chi connectivity index (χ0v) is 33.5. The van der Waals surface area contributed by atoms with Gasteiger partial charge in [0.1, 0.15) is 11.7 Å². The van der Waals surface area contributed by atoms with E-state index in [1.165, 1.54) is 18.6 Å². The van der Waals surface area contributed by atoms with Gasteiger partial charge in [0.05, 0.1) is 11.5 Å². The van der Waals surface area contributed by atoms with Crippen molar-refractivity contribution >= 4 is 45.0 Å². The van der Waals surface area contributed by atoms with Gasteiger partial charge in [0, 0.05) is 48.3 Å². The molecule has 1 aliphatic heterocycles. The third-order valence-corrected chi connectivity index (χ3v) is 19.0. The fourth-order valence-electron chi connectivity index (χ4n) is 13.1. The number of amides is 2. The van der Waals surface area contributed by atoms with Crippen molar-refractivity contribution in [1.82, 2.24) is 10.6 Å². The number of carbonyl (C=O) groups is 4. The molecule has 0 bridgehead atoms. The molecule has 278 valence electrons. The minimum atomic E-state index is -0.624. The monoisotopic (exact) mass is 725 g/mol. The van der Waals surface area contributed by atoms with Crippen molar-refractivity contribution in [3.8, 4) is 6.07 Å². The summed E-state index contributed by atoms with van der Waals surface area (Å²) in [6.45, 7) is 16.6. The van der Waals surface area contributed by atoms with Crippen LogP contribution in [-0.4, -0.2) is 47.5 Å². The van der Waals surface area contributed by atoms with Crippen LogP contribution in [0.4, 0.5) is 0 Å². The first-order chi connectivity index (χ1) is 23.4. The number of carbonyl (C=O) groups excluding carboxylic acids is 4. The van der Waals surface area contributed by atoms with Crippen molar-refractivity contribution in [1.29, 1.82) is 5.26 Å². The van der Waals surface area contributed by atoms with Crippen LogP contribution in [0.5, 0.6) is 0 Å². The zero-order valence-electron chi connectivity index (χ0n) is 31.9. The lowest BCUT2D eigenvalue weighted by molar-refractivity contribution is -0.234. The van der Waals surface area contributed by atoms with E-state index in [-0.39, 0.29) is 62.9 Å². The number of hydrogen-bond acceptors (Lipinski definition) is 7. The Hall–Kier alpha value is -1.53. The third kappa shape index (κ3) is 6.20. The maximum Gasteiger partial charge on any atom is 0.226 e. The Bertz CT molecular complexity index is 1420. The van der Waals surface area contributed by atoms with E-state index >= 15 is 0 Å². The van der Waals surface area contributed by atoms with Gasteiger partial charge in [-0.1, -0.05) is 76.5 Å². The SMILES string of the molecule is CC1(C)CC[C@]2(C(=O)NCCNC(=O)CCCC[C@@H]3CCSS3)CC[C@]3(C)[C@H](C(=O)CC4[C@]5(C)CC(C#N)C(=O)C(C)(C)[C@@H]5CC[C@@]43C)[C@@H]2C1. The first-order valence-electron chi connectivity index (χ1n) is 19.8. The standard InChI is InChI=1S/C41H63N3O4S2/c1-36(2)15-17-41(35(48)44-20-19-43-32(46)11-9-8-10-27-13-21-49-50-27)18-16-40(7)33(28(41)24-36)29(45)22-31-38(5)23-26(25-42)34(47)37(3,4)30(38)12-14-39(31,40)6/h26-28,30-31,33H,8-24H2,1-7H3,(H,43,46)(H,44,48)/t26?,27-,28+,30+,31?,33+,38-,39+,40-,41+/m1/s1. The van der Waals surface area contributed by atoms with Crippen LogP contribution in [0, 0.1) is 73.4 Å². The zero-order chi connectivity index (χ0) is 36.3. The lowest BCUT2D eigenvalue weighted by Crippen LogP contribution is -2.70. The molecule has 2 unspecified atom stereocenters. The normalized spacial score (nSPS) is 43.0. The molecule has 2 amide bonds. The molecule has 0 aromatic carbocycles. The van der Waals surface area contributed by atoms with E-state index in [1.54, 1.807) is 0 Å². The molecule has 5 aliphatic carbocycles. The highest BCUT2D eigenvalue weighted by molar-refractivity contribution is 8.77. The molecule has 1 saturated heterocycles. The molecule has 1 heterocycles. The van der Waals surface area contributed by atoms with Crippen molar-refractivity contribution < 1.29 is 19.2 Å². The smallest absolute Gasteiger partial charge is 0.226 e. The van der Waals surface area contributed by atoms with E-state index in [0.717, 1.165) is 63.0 Å².